The molecule has 1 N–H and O–H groups in total. The number of cyclic esters (lactones) is 1. The van der Waals surface area contributed by atoms with E-state index in [4.69, 9.17) is 30.5 Å². The standard InChI is InChI=1S/C30H35ClO7/c1-15(2)12-21(32)20-10-11-22-23(26(20)35-5)28(33)36-14-17-13-16(3)24(31)27(25(17)37-22)38-29(34)30(4)18-6-7-19(30)9-8-18/h10-11,13,15,18-19,21,32H,6-9,12,14H2,1-5H3/t18?,19?,21-,30?/m0/s1. The fourth-order valence-corrected chi connectivity index (χ4v) is 6.71. The van der Waals surface area contributed by atoms with Crippen molar-refractivity contribution < 1.29 is 33.6 Å². The summed E-state index contributed by atoms with van der Waals surface area (Å²) in [5.74, 6) is 0.605. The summed E-state index contributed by atoms with van der Waals surface area (Å²) in [4.78, 5) is 26.8. The predicted molar refractivity (Wildman–Crippen MR) is 142 cm³/mol. The molecule has 0 saturated heterocycles. The van der Waals surface area contributed by atoms with Gasteiger partial charge in [0.2, 0.25) is 0 Å². The molecule has 2 aromatic carbocycles. The van der Waals surface area contributed by atoms with Crippen LogP contribution in [0, 0.1) is 30.1 Å². The normalized spacial score (nSPS) is 24.6. The van der Waals surface area contributed by atoms with Gasteiger partial charge in [-0.05, 0) is 87.5 Å². The highest BCUT2D eigenvalue weighted by Gasteiger charge is 2.57. The van der Waals surface area contributed by atoms with Gasteiger partial charge in [0.15, 0.2) is 11.5 Å². The van der Waals surface area contributed by atoms with E-state index in [1.807, 2.05) is 20.8 Å². The molecular weight excluding hydrogens is 508 g/mol. The van der Waals surface area contributed by atoms with Crippen molar-refractivity contribution >= 4 is 23.5 Å². The van der Waals surface area contributed by atoms with Crippen LogP contribution in [0.3, 0.4) is 0 Å². The topological polar surface area (TPSA) is 91.3 Å². The second-order valence-corrected chi connectivity index (χ2v) is 11.8. The van der Waals surface area contributed by atoms with E-state index in [1.54, 1.807) is 25.1 Å². The van der Waals surface area contributed by atoms with Gasteiger partial charge in [-0.25, -0.2) is 4.79 Å². The summed E-state index contributed by atoms with van der Waals surface area (Å²) in [6, 6.07) is 5.05. The Bertz CT molecular complexity index is 1260. The van der Waals surface area contributed by atoms with Crippen LogP contribution in [0.15, 0.2) is 18.2 Å². The second-order valence-electron chi connectivity index (χ2n) is 11.4. The third-order valence-electron chi connectivity index (χ3n) is 8.67. The lowest BCUT2D eigenvalue weighted by Crippen LogP contribution is -2.36. The molecule has 2 saturated carbocycles. The van der Waals surface area contributed by atoms with Crippen molar-refractivity contribution in [3.05, 3.63) is 45.5 Å². The van der Waals surface area contributed by atoms with E-state index in [9.17, 15) is 14.7 Å². The number of aryl methyl sites for hydroxylation is 1. The Hall–Kier alpha value is -2.77. The summed E-state index contributed by atoms with van der Waals surface area (Å²) in [5.41, 5.74) is 1.19. The minimum absolute atomic E-state index is 0.0632. The number of hydrogen-bond donors (Lipinski definition) is 1. The lowest BCUT2D eigenvalue weighted by Gasteiger charge is -2.29. The zero-order valence-corrected chi connectivity index (χ0v) is 23.3. The van der Waals surface area contributed by atoms with Crippen molar-refractivity contribution in [1.82, 2.24) is 0 Å². The number of methoxy groups -OCH3 is 1. The van der Waals surface area contributed by atoms with Crippen molar-refractivity contribution in [2.24, 2.45) is 23.2 Å². The zero-order valence-electron chi connectivity index (χ0n) is 22.6. The summed E-state index contributed by atoms with van der Waals surface area (Å²) in [7, 11) is 1.44. The fourth-order valence-electron chi connectivity index (χ4n) is 6.53. The Morgan fingerprint density at radius 2 is 1.84 bits per heavy atom. The number of hydrogen-bond acceptors (Lipinski definition) is 7. The number of benzene rings is 2. The Morgan fingerprint density at radius 3 is 2.45 bits per heavy atom. The van der Waals surface area contributed by atoms with E-state index in [0.717, 1.165) is 25.7 Å². The van der Waals surface area contributed by atoms with Gasteiger partial charge in [0, 0.05) is 11.1 Å². The van der Waals surface area contributed by atoms with Gasteiger partial charge in [0.05, 0.1) is 23.7 Å². The molecule has 3 aliphatic rings. The Labute approximate surface area is 228 Å². The number of halogens is 1. The molecule has 0 amide bonds. The monoisotopic (exact) mass is 542 g/mol. The fraction of sp³-hybridized carbons (Fsp3) is 0.533. The van der Waals surface area contributed by atoms with Crippen molar-refractivity contribution in [1.29, 1.82) is 0 Å². The first-order chi connectivity index (χ1) is 18.1. The van der Waals surface area contributed by atoms with Crippen LogP contribution in [-0.2, 0) is 16.1 Å². The quantitative estimate of drug-likeness (QED) is 0.312. The van der Waals surface area contributed by atoms with Crippen LogP contribution in [0.25, 0.3) is 0 Å². The van der Waals surface area contributed by atoms with Gasteiger partial charge < -0.3 is 24.1 Å². The minimum Gasteiger partial charge on any atom is -0.495 e. The van der Waals surface area contributed by atoms with Gasteiger partial charge in [0.1, 0.15) is 23.7 Å². The van der Waals surface area contributed by atoms with Crippen LogP contribution in [-0.4, -0.2) is 24.2 Å². The molecule has 2 aromatic rings. The van der Waals surface area contributed by atoms with Gasteiger partial charge in [-0.3, -0.25) is 4.79 Å². The molecule has 2 bridgehead atoms. The van der Waals surface area contributed by atoms with E-state index in [2.05, 4.69) is 0 Å². The van der Waals surface area contributed by atoms with Crippen molar-refractivity contribution in [3.63, 3.8) is 0 Å². The van der Waals surface area contributed by atoms with Gasteiger partial charge in [0.25, 0.3) is 0 Å². The van der Waals surface area contributed by atoms with Gasteiger partial charge in [-0.1, -0.05) is 25.4 Å². The minimum atomic E-state index is -0.836. The Kier molecular flexibility index (Phi) is 7.12. The summed E-state index contributed by atoms with van der Waals surface area (Å²) in [5, 5.41) is 11.1. The van der Waals surface area contributed by atoms with Crippen molar-refractivity contribution in [3.8, 4) is 23.0 Å². The number of ether oxygens (including phenoxy) is 4. The predicted octanol–water partition coefficient (Wildman–Crippen LogP) is 6.93. The molecule has 0 spiro atoms. The maximum Gasteiger partial charge on any atom is 0.346 e. The molecule has 2 fully saturated rings. The molecule has 8 heteroatoms. The average Bonchev–Trinajstić information content (AvgIpc) is 3.38. The Balaban J connectivity index is 1.58. The largest absolute Gasteiger partial charge is 0.495 e. The SMILES string of the molecule is COc1c([C@@H](O)CC(C)C)ccc2c1C(=O)OCc1cc(C)c(Cl)c(OC(=O)C3(C)C4CCC3CC4)c1O2. The third kappa shape index (κ3) is 4.34. The van der Waals surface area contributed by atoms with Gasteiger partial charge in [-0.2, -0.15) is 0 Å². The smallest absolute Gasteiger partial charge is 0.346 e. The number of carbonyl (C=O) groups is 2. The highest BCUT2D eigenvalue weighted by molar-refractivity contribution is 6.33. The summed E-state index contributed by atoms with van der Waals surface area (Å²) < 4.78 is 23.7. The molecule has 2 aliphatic carbocycles. The summed E-state index contributed by atoms with van der Waals surface area (Å²) in [6.45, 7) is 7.71. The second kappa shape index (κ2) is 10.1. The number of rotatable bonds is 6. The summed E-state index contributed by atoms with van der Waals surface area (Å²) in [6.07, 6.45) is 3.77. The van der Waals surface area contributed by atoms with E-state index >= 15 is 0 Å². The van der Waals surface area contributed by atoms with E-state index < -0.39 is 17.5 Å². The molecule has 1 atom stereocenters. The van der Waals surface area contributed by atoms with E-state index in [-0.39, 0.29) is 52.1 Å². The van der Waals surface area contributed by atoms with E-state index in [1.165, 1.54) is 7.11 Å². The first kappa shape index (κ1) is 26.8. The number of aliphatic hydroxyl groups is 1. The molecular formula is C30H35ClO7. The molecule has 0 radical (unpaired) electrons. The number of carbonyl (C=O) groups excluding carboxylic acids is 2. The van der Waals surface area contributed by atoms with Crippen molar-refractivity contribution in [2.45, 2.75) is 72.5 Å². The molecule has 1 aliphatic heterocycles. The molecule has 5 rings (SSSR count). The van der Waals surface area contributed by atoms with Crippen LogP contribution in [0.5, 0.6) is 23.0 Å². The molecule has 0 aromatic heterocycles. The molecule has 0 unspecified atom stereocenters. The first-order valence-corrected chi connectivity index (χ1v) is 13.7. The third-order valence-corrected chi connectivity index (χ3v) is 9.14. The van der Waals surface area contributed by atoms with Crippen LogP contribution in [0.2, 0.25) is 5.02 Å². The van der Waals surface area contributed by atoms with Gasteiger partial charge >= 0.3 is 11.9 Å². The summed E-state index contributed by atoms with van der Waals surface area (Å²) >= 11 is 6.72. The van der Waals surface area contributed by atoms with Crippen LogP contribution in [0.4, 0.5) is 0 Å². The maximum absolute atomic E-state index is 13.6. The maximum atomic E-state index is 13.6. The highest BCUT2D eigenvalue weighted by Crippen LogP contribution is 2.59. The lowest BCUT2D eigenvalue weighted by atomic mass is 9.80. The van der Waals surface area contributed by atoms with Crippen LogP contribution >= 0.6 is 11.6 Å². The Morgan fingerprint density at radius 1 is 1.18 bits per heavy atom. The molecule has 38 heavy (non-hydrogen) atoms. The molecule has 7 nitrogen and oxygen atoms in total. The number of fused-ring (bicyclic) bond motifs is 4. The van der Waals surface area contributed by atoms with Gasteiger partial charge in [-0.15, -0.1) is 0 Å². The molecule has 204 valence electrons. The highest BCUT2D eigenvalue weighted by atomic mass is 35.5. The lowest BCUT2D eigenvalue weighted by molar-refractivity contribution is -0.147. The van der Waals surface area contributed by atoms with E-state index in [0.29, 0.717) is 34.9 Å². The average molecular weight is 543 g/mol. The number of esters is 2. The zero-order chi connectivity index (χ0) is 27.4. The van der Waals surface area contributed by atoms with Crippen molar-refractivity contribution in [2.75, 3.05) is 7.11 Å². The molecule has 1 heterocycles. The van der Waals surface area contributed by atoms with Crippen LogP contribution in [0.1, 0.15) is 86.0 Å². The number of aliphatic hydroxyl groups excluding tert-OH is 1. The van der Waals surface area contributed by atoms with Crippen LogP contribution < -0.4 is 14.2 Å². The first-order valence-electron chi connectivity index (χ1n) is 13.3.